The Balaban J connectivity index is 2.10. The van der Waals surface area contributed by atoms with E-state index in [9.17, 15) is 4.79 Å². The molecule has 0 unspecified atom stereocenters. The molecule has 2 heterocycles. The second-order valence-electron chi connectivity index (χ2n) is 3.94. The van der Waals surface area contributed by atoms with Gasteiger partial charge in [-0.3, -0.25) is 9.78 Å². The van der Waals surface area contributed by atoms with Crippen LogP contribution in [0.1, 0.15) is 33.9 Å². The highest BCUT2D eigenvalue weighted by atomic mass is 32.1. The lowest BCUT2D eigenvalue weighted by Gasteiger charge is -2.13. The molecule has 0 aliphatic heterocycles. The molecule has 1 atom stereocenters. The molecule has 0 saturated carbocycles. The topological polar surface area (TPSA) is 80.9 Å². The first-order chi connectivity index (χ1) is 8.58. The van der Waals surface area contributed by atoms with E-state index < -0.39 is 0 Å². The Labute approximate surface area is 109 Å². The van der Waals surface area contributed by atoms with Crippen LogP contribution in [0.15, 0.2) is 24.5 Å². The van der Waals surface area contributed by atoms with E-state index >= 15 is 0 Å². The highest BCUT2D eigenvalue weighted by molar-refractivity contribution is 7.17. The zero-order valence-electron chi connectivity index (χ0n) is 10.2. The number of carbonyl (C=O) groups excluding carboxylic acids is 1. The molecule has 0 spiro atoms. The van der Waals surface area contributed by atoms with Crippen molar-refractivity contribution in [3.05, 3.63) is 40.7 Å². The number of anilines is 1. The van der Waals surface area contributed by atoms with Crippen LogP contribution in [0.4, 0.5) is 5.13 Å². The number of aromatic nitrogens is 2. The zero-order chi connectivity index (χ0) is 13.1. The van der Waals surface area contributed by atoms with E-state index in [1.54, 1.807) is 19.3 Å². The number of nitrogen functional groups attached to an aromatic ring is 1. The van der Waals surface area contributed by atoms with E-state index in [0.29, 0.717) is 15.7 Å². The van der Waals surface area contributed by atoms with Crippen molar-refractivity contribution in [1.82, 2.24) is 15.3 Å². The summed E-state index contributed by atoms with van der Waals surface area (Å²) in [6.45, 7) is 3.70. The van der Waals surface area contributed by atoms with Gasteiger partial charge in [0.15, 0.2) is 5.13 Å². The standard InChI is InChI=1S/C12H14N4OS/c1-7(9-3-5-14-6-4-9)15-11(17)10-8(2)16-12(13)18-10/h3-7H,1-2H3,(H2,13,16)(H,15,17)/t7-/m1/s1. The molecular weight excluding hydrogens is 248 g/mol. The summed E-state index contributed by atoms with van der Waals surface area (Å²) in [6, 6.07) is 3.67. The van der Waals surface area contributed by atoms with Gasteiger partial charge in [0.1, 0.15) is 4.88 Å². The van der Waals surface area contributed by atoms with E-state index in [0.717, 1.165) is 5.56 Å². The van der Waals surface area contributed by atoms with E-state index in [2.05, 4.69) is 15.3 Å². The summed E-state index contributed by atoms with van der Waals surface area (Å²) >= 11 is 1.20. The lowest BCUT2D eigenvalue weighted by atomic mass is 10.1. The van der Waals surface area contributed by atoms with Gasteiger partial charge in [0.2, 0.25) is 0 Å². The van der Waals surface area contributed by atoms with E-state index in [4.69, 9.17) is 5.73 Å². The van der Waals surface area contributed by atoms with Crippen molar-refractivity contribution in [2.24, 2.45) is 0 Å². The van der Waals surface area contributed by atoms with Gasteiger partial charge in [-0.05, 0) is 31.5 Å². The third kappa shape index (κ3) is 2.65. The minimum absolute atomic E-state index is 0.0803. The summed E-state index contributed by atoms with van der Waals surface area (Å²) in [5.74, 6) is -0.147. The average Bonchev–Trinajstić information content (AvgIpc) is 2.69. The van der Waals surface area contributed by atoms with Crippen molar-refractivity contribution in [2.45, 2.75) is 19.9 Å². The van der Waals surface area contributed by atoms with Gasteiger partial charge in [-0.1, -0.05) is 11.3 Å². The number of aryl methyl sites for hydroxylation is 1. The molecule has 0 saturated heterocycles. The number of thiazole rings is 1. The minimum atomic E-state index is -0.147. The molecule has 94 valence electrons. The highest BCUT2D eigenvalue weighted by Crippen LogP contribution is 2.20. The second-order valence-corrected chi connectivity index (χ2v) is 4.97. The predicted molar refractivity (Wildman–Crippen MR) is 71.4 cm³/mol. The van der Waals surface area contributed by atoms with Gasteiger partial charge < -0.3 is 11.1 Å². The third-order valence-corrected chi connectivity index (χ3v) is 3.56. The molecule has 5 nitrogen and oxygen atoms in total. The Hall–Kier alpha value is -1.95. The molecule has 0 fully saturated rings. The summed E-state index contributed by atoms with van der Waals surface area (Å²) in [4.78, 5) is 20.6. The van der Waals surface area contributed by atoms with Crippen LogP contribution in [-0.2, 0) is 0 Å². The van der Waals surface area contributed by atoms with Gasteiger partial charge in [-0.2, -0.15) is 0 Å². The normalized spacial score (nSPS) is 12.1. The number of nitrogens with one attached hydrogen (secondary N) is 1. The van der Waals surface area contributed by atoms with Crippen LogP contribution in [-0.4, -0.2) is 15.9 Å². The molecule has 2 rings (SSSR count). The molecule has 0 aliphatic rings. The Morgan fingerprint density at radius 2 is 2.11 bits per heavy atom. The van der Waals surface area contributed by atoms with Crippen molar-refractivity contribution >= 4 is 22.4 Å². The Morgan fingerprint density at radius 1 is 1.44 bits per heavy atom. The first-order valence-electron chi connectivity index (χ1n) is 5.51. The van der Waals surface area contributed by atoms with Gasteiger partial charge in [-0.25, -0.2) is 4.98 Å². The zero-order valence-corrected chi connectivity index (χ0v) is 11.0. The smallest absolute Gasteiger partial charge is 0.263 e. The molecule has 6 heteroatoms. The minimum Gasteiger partial charge on any atom is -0.375 e. The van der Waals surface area contributed by atoms with Crippen LogP contribution in [0.2, 0.25) is 0 Å². The number of rotatable bonds is 3. The maximum absolute atomic E-state index is 12.1. The highest BCUT2D eigenvalue weighted by Gasteiger charge is 2.16. The number of nitrogens with two attached hydrogens (primary N) is 1. The summed E-state index contributed by atoms with van der Waals surface area (Å²) in [5, 5.41) is 3.33. The lowest BCUT2D eigenvalue weighted by Crippen LogP contribution is -2.26. The van der Waals surface area contributed by atoms with Crippen LogP contribution in [0, 0.1) is 6.92 Å². The first kappa shape index (κ1) is 12.5. The van der Waals surface area contributed by atoms with Gasteiger partial charge in [0.05, 0.1) is 11.7 Å². The molecule has 2 aromatic heterocycles. The Morgan fingerprint density at radius 3 is 2.67 bits per heavy atom. The molecule has 0 bridgehead atoms. The fourth-order valence-corrected chi connectivity index (χ4v) is 2.36. The number of nitrogens with zero attached hydrogens (tertiary/aromatic N) is 2. The average molecular weight is 262 g/mol. The molecular formula is C12H14N4OS. The SMILES string of the molecule is Cc1nc(N)sc1C(=O)N[C@H](C)c1ccncc1. The van der Waals surface area contributed by atoms with Crippen LogP contribution >= 0.6 is 11.3 Å². The van der Waals surface area contributed by atoms with E-state index in [1.807, 2.05) is 19.1 Å². The molecule has 3 N–H and O–H groups in total. The molecule has 0 aromatic carbocycles. The van der Waals surface area contributed by atoms with Crippen LogP contribution in [0.3, 0.4) is 0 Å². The molecule has 0 aliphatic carbocycles. The van der Waals surface area contributed by atoms with Gasteiger partial charge >= 0.3 is 0 Å². The fourth-order valence-electron chi connectivity index (χ4n) is 1.63. The van der Waals surface area contributed by atoms with Gasteiger partial charge in [0, 0.05) is 12.4 Å². The molecule has 18 heavy (non-hydrogen) atoms. The maximum atomic E-state index is 12.1. The number of pyridine rings is 1. The molecule has 0 radical (unpaired) electrons. The second kappa shape index (κ2) is 5.14. The summed E-state index contributed by atoms with van der Waals surface area (Å²) in [7, 11) is 0. The lowest BCUT2D eigenvalue weighted by molar-refractivity contribution is 0.0943. The monoisotopic (exact) mass is 262 g/mol. The number of amides is 1. The van der Waals surface area contributed by atoms with Crippen molar-refractivity contribution in [2.75, 3.05) is 5.73 Å². The quantitative estimate of drug-likeness (QED) is 0.885. The number of hydrogen-bond acceptors (Lipinski definition) is 5. The van der Waals surface area contributed by atoms with Crippen molar-refractivity contribution in [3.63, 3.8) is 0 Å². The molecule has 2 aromatic rings. The summed E-state index contributed by atoms with van der Waals surface area (Å²) in [6.07, 6.45) is 3.40. The summed E-state index contributed by atoms with van der Waals surface area (Å²) < 4.78 is 0. The predicted octanol–water partition coefficient (Wildman–Crippen LogP) is 1.92. The van der Waals surface area contributed by atoms with E-state index in [-0.39, 0.29) is 11.9 Å². The van der Waals surface area contributed by atoms with Gasteiger partial charge in [0.25, 0.3) is 5.91 Å². The van der Waals surface area contributed by atoms with Crippen LogP contribution in [0.5, 0.6) is 0 Å². The Kier molecular flexibility index (Phi) is 3.57. The maximum Gasteiger partial charge on any atom is 0.263 e. The van der Waals surface area contributed by atoms with Crippen molar-refractivity contribution < 1.29 is 4.79 Å². The number of carbonyl (C=O) groups is 1. The Bertz CT molecular complexity index is 552. The third-order valence-electron chi connectivity index (χ3n) is 2.57. The molecule has 1 amide bonds. The largest absolute Gasteiger partial charge is 0.375 e. The van der Waals surface area contributed by atoms with Crippen LogP contribution in [0.25, 0.3) is 0 Å². The van der Waals surface area contributed by atoms with E-state index in [1.165, 1.54) is 11.3 Å². The van der Waals surface area contributed by atoms with Gasteiger partial charge in [-0.15, -0.1) is 0 Å². The van der Waals surface area contributed by atoms with Crippen molar-refractivity contribution in [1.29, 1.82) is 0 Å². The van der Waals surface area contributed by atoms with Crippen LogP contribution < -0.4 is 11.1 Å². The van der Waals surface area contributed by atoms with Crippen molar-refractivity contribution in [3.8, 4) is 0 Å². The number of hydrogen-bond donors (Lipinski definition) is 2. The fraction of sp³-hybridized carbons (Fsp3) is 0.250. The first-order valence-corrected chi connectivity index (χ1v) is 6.33. The summed E-state index contributed by atoms with van der Waals surface area (Å²) in [5.41, 5.74) is 7.25.